The maximum atomic E-state index is 12.7. The number of benzene rings is 4. The third-order valence-electron chi connectivity index (χ3n) is 5.51. The number of fused-ring (bicyclic) bond motifs is 1. The van der Waals surface area contributed by atoms with Crippen LogP contribution < -0.4 is 14.8 Å². The van der Waals surface area contributed by atoms with Crippen molar-refractivity contribution < 1.29 is 14.3 Å². The Kier molecular flexibility index (Phi) is 8.04. The zero-order valence-corrected chi connectivity index (χ0v) is 21.6. The molecule has 5 nitrogen and oxygen atoms in total. The Morgan fingerprint density at radius 2 is 1.75 bits per heavy atom. The van der Waals surface area contributed by atoms with E-state index in [4.69, 9.17) is 9.47 Å². The Labute approximate surface area is 219 Å². The summed E-state index contributed by atoms with van der Waals surface area (Å²) < 4.78 is 12.6. The van der Waals surface area contributed by atoms with E-state index in [9.17, 15) is 10.1 Å². The summed E-state index contributed by atoms with van der Waals surface area (Å²) in [6, 6.07) is 27.3. The molecule has 4 aromatic rings. The van der Waals surface area contributed by atoms with E-state index in [1.54, 1.807) is 24.3 Å². The first-order valence-electron chi connectivity index (χ1n) is 11.5. The first kappa shape index (κ1) is 25.0. The number of nitriles is 1. The lowest BCUT2D eigenvalue weighted by molar-refractivity contribution is -0.112. The Morgan fingerprint density at radius 3 is 2.47 bits per heavy atom. The summed E-state index contributed by atoms with van der Waals surface area (Å²) in [6.07, 6.45) is 1.53. The molecule has 4 rings (SSSR count). The second-order valence-corrected chi connectivity index (χ2v) is 9.08. The summed E-state index contributed by atoms with van der Waals surface area (Å²) in [6.45, 7) is 4.65. The van der Waals surface area contributed by atoms with Crippen LogP contribution in [0.5, 0.6) is 11.5 Å². The molecule has 1 amide bonds. The highest BCUT2D eigenvalue weighted by Gasteiger charge is 2.15. The SMILES string of the molecule is CCOc1cc(/C=C(\C#N)C(=O)Nc2ccc(C)cc2)cc(Br)c1OCc1ccc2ccccc2c1. The molecule has 0 heterocycles. The number of anilines is 1. The van der Waals surface area contributed by atoms with Gasteiger partial charge in [-0.15, -0.1) is 0 Å². The summed E-state index contributed by atoms with van der Waals surface area (Å²) in [4.78, 5) is 12.7. The molecule has 1 N–H and O–H groups in total. The van der Waals surface area contributed by atoms with E-state index in [2.05, 4.69) is 45.5 Å². The molecule has 0 saturated heterocycles. The largest absolute Gasteiger partial charge is 0.490 e. The lowest BCUT2D eigenvalue weighted by Crippen LogP contribution is -2.13. The van der Waals surface area contributed by atoms with Crippen molar-refractivity contribution in [1.29, 1.82) is 5.26 Å². The summed E-state index contributed by atoms with van der Waals surface area (Å²) in [5.74, 6) is 0.604. The van der Waals surface area contributed by atoms with E-state index in [0.29, 0.717) is 40.4 Å². The highest BCUT2D eigenvalue weighted by Crippen LogP contribution is 2.38. The van der Waals surface area contributed by atoms with Crippen molar-refractivity contribution in [2.75, 3.05) is 11.9 Å². The van der Waals surface area contributed by atoms with E-state index in [0.717, 1.165) is 16.5 Å². The van der Waals surface area contributed by atoms with Crippen molar-refractivity contribution in [1.82, 2.24) is 0 Å². The molecule has 0 saturated carbocycles. The van der Waals surface area contributed by atoms with Gasteiger partial charge < -0.3 is 14.8 Å². The van der Waals surface area contributed by atoms with Gasteiger partial charge in [-0.2, -0.15) is 5.26 Å². The van der Waals surface area contributed by atoms with Crippen molar-refractivity contribution in [2.45, 2.75) is 20.5 Å². The molecule has 180 valence electrons. The predicted octanol–water partition coefficient (Wildman–Crippen LogP) is 7.43. The van der Waals surface area contributed by atoms with Gasteiger partial charge in [0.1, 0.15) is 18.2 Å². The molecule has 0 unspecified atom stereocenters. The number of ether oxygens (including phenoxy) is 2. The van der Waals surface area contributed by atoms with E-state index in [-0.39, 0.29) is 5.57 Å². The van der Waals surface area contributed by atoms with Crippen LogP contribution in [-0.2, 0) is 11.4 Å². The van der Waals surface area contributed by atoms with Gasteiger partial charge in [-0.25, -0.2) is 0 Å². The number of hydrogen-bond donors (Lipinski definition) is 1. The molecule has 0 aliphatic carbocycles. The van der Waals surface area contributed by atoms with Crippen LogP contribution in [0.25, 0.3) is 16.8 Å². The fourth-order valence-corrected chi connectivity index (χ4v) is 4.28. The summed E-state index contributed by atoms with van der Waals surface area (Å²) >= 11 is 3.57. The van der Waals surface area contributed by atoms with Gasteiger partial charge in [0, 0.05) is 5.69 Å². The van der Waals surface area contributed by atoms with Crippen LogP contribution in [0, 0.1) is 18.3 Å². The summed E-state index contributed by atoms with van der Waals surface area (Å²) in [7, 11) is 0. The standard InChI is InChI=1S/C30H25BrN2O3/c1-3-35-28-17-22(15-25(18-32)30(34)33-26-12-8-20(2)9-13-26)16-27(31)29(28)36-19-21-10-11-23-6-4-5-7-24(23)14-21/h4-17H,3,19H2,1-2H3,(H,33,34)/b25-15+. The average Bonchev–Trinajstić information content (AvgIpc) is 2.88. The molecule has 0 spiro atoms. The highest BCUT2D eigenvalue weighted by atomic mass is 79.9. The minimum atomic E-state index is -0.480. The predicted molar refractivity (Wildman–Crippen MR) is 147 cm³/mol. The summed E-state index contributed by atoms with van der Waals surface area (Å²) in [5, 5.41) is 14.7. The fourth-order valence-electron chi connectivity index (χ4n) is 3.71. The van der Waals surface area contributed by atoms with Crippen molar-refractivity contribution in [2.24, 2.45) is 0 Å². The molecule has 0 fully saturated rings. The molecule has 0 aromatic heterocycles. The number of nitrogens with one attached hydrogen (secondary N) is 1. The first-order chi connectivity index (χ1) is 17.5. The second-order valence-electron chi connectivity index (χ2n) is 8.22. The smallest absolute Gasteiger partial charge is 0.266 e. The molecular weight excluding hydrogens is 516 g/mol. The van der Waals surface area contributed by atoms with Crippen molar-refractivity contribution >= 4 is 44.4 Å². The van der Waals surface area contributed by atoms with Gasteiger partial charge in [-0.3, -0.25) is 4.79 Å². The Hall–Kier alpha value is -4.08. The molecule has 0 radical (unpaired) electrons. The van der Waals surface area contributed by atoms with Gasteiger partial charge in [-0.05, 0) is 88.1 Å². The summed E-state index contributed by atoms with van der Waals surface area (Å²) in [5.41, 5.74) is 3.36. The number of hydrogen-bond acceptors (Lipinski definition) is 4. The van der Waals surface area contributed by atoms with Gasteiger partial charge in [0.2, 0.25) is 0 Å². The third kappa shape index (κ3) is 6.12. The quantitative estimate of drug-likeness (QED) is 0.186. The normalized spacial score (nSPS) is 11.1. The minimum Gasteiger partial charge on any atom is -0.490 e. The van der Waals surface area contributed by atoms with Gasteiger partial charge in [0.25, 0.3) is 5.91 Å². The van der Waals surface area contributed by atoms with E-state index < -0.39 is 5.91 Å². The van der Waals surface area contributed by atoms with Crippen LogP contribution in [0.2, 0.25) is 0 Å². The van der Waals surface area contributed by atoms with Gasteiger partial charge >= 0.3 is 0 Å². The van der Waals surface area contributed by atoms with Crippen molar-refractivity contribution in [3.8, 4) is 17.6 Å². The van der Waals surface area contributed by atoms with Crippen LogP contribution in [0.3, 0.4) is 0 Å². The van der Waals surface area contributed by atoms with Crippen LogP contribution >= 0.6 is 15.9 Å². The van der Waals surface area contributed by atoms with Crippen LogP contribution in [0.15, 0.2) is 88.9 Å². The minimum absolute atomic E-state index is 0.0187. The van der Waals surface area contributed by atoms with E-state index >= 15 is 0 Å². The number of nitrogens with zero attached hydrogens (tertiary/aromatic N) is 1. The van der Waals surface area contributed by atoms with Crippen LogP contribution in [0.4, 0.5) is 5.69 Å². The number of halogens is 1. The lowest BCUT2D eigenvalue weighted by atomic mass is 10.1. The molecule has 0 atom stereocenters. The molecule has 36 heavy (non-hydrogen) atoms. The maximum absolute atomic E-state index is 12.7. The number of amides is 1. The average molecular weight is 541 g/mol. The molecule has 0 bridgehead atoms. The van der Waals surface area contributed by atoms with Crippen molar-refractivity contribution in [3.05, 3.63) is 106 Å². The van der Waals surface area contributed by atoms with E-state index in [1.165, 1.54) is 11.5 Å². The monoisotopic (exact) mass is 540 g/mol. The zero-order valence-electron chi connectivity index (χ0n) is 20.0. The van der Waals surface area contributed by atoms with Gasteiger partial charge in [0.15, 0.2) is 11.5 Å². The topological polar surface area (TPSA) is 71.3 Å². The lowest BCUT2D eigenvalue weighted by Gasteiger charge is -2.15. The Bertz CT molecular complexity index is 1470. The number of rotatable bonds is 8. The highest BCUT2D eigenvalue weighted by molar-refractivity contribution is 9.10. The number of aryl methyl sites for hydroxylation is 1. The van der Waals surface area contributed by atoms with Crippen molar-refractivity contribution in [3.63, 3.8) is 0 Å². The Balaban J connectivity index is 1.56. The first-order valence-corrected chi connectivity index (χ1v) is 12.3. The Morgan fingerprint density at radius 1 is 1.00 bits per heavy atom. The third-order valence-corrected chi connectivity index (χ3v) is 6.10. The fraction of sp³-hybridized carbons (Fsp3) is 0.133. The molecule has 0 aliphatic rings. The van der Waals surface area contributed by atoms with E-state index in [1.807, 2.05) is 50.2 Å². The van der Waals surface area contributed by atoms with Gasteiger partial charge in [-0.1, -0.05) is 54.1 Å². The van der Waals surface area contributed by atoms with Crippen LogP contribution in [-0.4, -0.2) is 12.5 Å². The second kappa shape index (κ2) is 11.6. The molecule has 0 aliphatic heterocycles. The number of carbonyl (C=O) groups is 1. The van der Waals surface area contributed by atoms with Gasteiger partial charge in [0.05, 0.1) is 11.1 Å². The maximum Gasteiger partial charge on any atom is 0.266 e. The number of carbonyl (C=O) groups excluding carboxylic acids is 1. The molecular formula is C30H25BrN2O3. The molecule has 4 aromatic carbocycles. The zero-order chi connectivity index (χ0) is 25.5. The molecule has 6 heteroatoms. The van der Waals surface area contributed by atoms with Crippen LogP contribution in [0.1, 0.15) is 23.6 Å².